The fourth-order valence-electron chi connectivity index (χ4n) is 2.88. The van der Waals surface area contributed by atoms with Gasteiger partial charge in [-0.05, 0) is 37.4 Å². The summed E-state index contributed by atoms with van der Waals surface area (Å²) in [7, 11) is 0. The second kappa shape index (κ2) is 7.50. The third kappa shape index (κ3) is 3.31. The van der Waals surface area contributed by atoms with Gasteiger partial charge in [0.1, 0.15) is 9.85 Å². The van der Waals surface area contributed by atoms with Crippen molar-refractivity contribution in [2.24, 2.45) is 0 Å². The van der Waals surface area contributed by atoms with Crippen LogP contribution in [0.4, 0.5) is 0 Å². The minimum atomic E-state index is 0.0165. The van der Waals surface area contributed by atoms with Gasteiger partial charge >= 0.3 is 0 Å². The maximum absolute atomic E-state index is 12.7. The minimum absolute atomic E-state index is 0.0165. The summed E-state index contributed by atoms with van der Waals surface area (Å²) in [6.07, 6.45) is 0. The Morgan fingerprint density at radius 1 is 1.22 bits per heavy atom. The number of thioether (sulfide) groups is 1. The summed E-state index contributed by atoms with van der Waals surface area (Å²) in [4.78, 5) is 17.3. The molecule has 0 unspecified atom stereocenters. The molecule has 0 saturated carbocycles. The second-order valence-electron chi connectivity index (χ2n) is 5.97. The molecular weight excluding hydrogens is 400 g/mol. The van der Waals surface area contributed by atoms with Crippen molar-refractivity contribution in [1.29, 1.82) is 0 Å². The largest absolute Gasteiger partial charge is 0.287 e. The predicted molar refractivity (Wildman–Crippen MR) is 112 cm³/mol. The van der Waals surface area contributed by atoms with Gasteiger partial charge in [-0.1, -0.05) is 41.6 Å². The van der Waals surface area contributed by atoms with Gasteiger partial charge in [0.15, 0.2) is 5.16 Å². The first kappa shape index (κ1) is 18.3. The van der Waals surface area contributed by atoms with Crippen LogP contribution in [0, 0.1) is 6.92 Å². The van der Waals surface area contributed by atoms with Crippen LogP contribution >= 0.6 is 34.7 Å². The summed E-state index contributed by atoms with van der Waals surface area (Å²) < 4.78 is 4.16. The molecule has 0 atom stereocenters. The average molecular weight is 417 g/mol. The molecule has 3 aromatic heterocycles. The van der Waals surface area contributed by atoms with Gasteiger partial charge in [-0.15, -0.1) is 11.3 Å². The highest BCUT2D eigenvalue weighted by Gasteiger charge is 2.17. The number of benzene rings is 1. The van der Waals surface area contributed by atoms with Gasteiger partial charge in [0.2, 0.25) is 0 Å². The van der Waals surface area contributed by atoms with Crippen molar-refractivity contribution in [3.05, 3.63) is 68.5 Å². The molecule has 0 aliphatic rings. The number of para-hydroxylation sites is 1. The van der Waals surface area contributed by atoms with Crippen LogP contribution in [0.5, 0.6) is 0 Å². The Morgan fingerprint density at radius 3 is 2.74 bits per heavy atom. The van der Waals surface area contributed by atoms with Crippen LogP contribution in [0.15, 0.2) is 51.7 Å². The van der Waals surface area contributed by atoms with E-state index in [4.69, 9.17) is 11.6 Å². The van der Waals surface area contributed by atoms with E-state index in [1.165, 1.54) is 23.1 Å². The summed E-state index contributed by atoms with van der Waals surface area (Å²) in [5, 5.41) is 7.78. The number of thiophene rings is 1. The zero-order valence-corrected chi connectivity index (χ0v) is 17.2. The Balaban J connectivity index is 1.68. The molecule has 3 heterocycles. The lowest BCUT2D eigenvalue weighted by atomic mass is 10.3. The number of nitrogens with zero attached hydrogens (tertiary/aromatic N) is 4. The third-order valence-corrected chi connectivity index (χ3v) is 6.60. The molecule has 4 rings (SSSR count). The summed E-state index contributed by atoms with van der Waals surface area (Å²) in [6.45, 7) is 4.49. The summed E-state index contributed by atoms with van der Waals surface area (Å²) in [5.74, 6) is 0.597. The highest BCUT2D eigenvalue weighted by molar-refractivity contribution is 7.98. The van der Waals surface area contributed by atoms with E-state index in [-0.39, 0.29) is 5.56 Å². The van der Waals surface area contributed by atoms with Crippen molar-refractivity contribution in [1.82, 2.24) is 19.3 Å². The molecule has 138 valence electrons. The molecule has 0 fully saturated rings. The van der Waals surface area contributed by atoms with Gasteiger partial charge in [0.05, 0.1) is 16.9 Å². The fourth-order valence-corrected chi connectivity index (χ4v) is 5.23. The van der Waals surface area contributed by atoms with Crippen LogP contribution in [-0.2, 0) is 12.3 Å². The monoisotopic (exact) mass is 416 g/mol. The predicted octanol–water partition coefficient (Wildman–Crippen LogP) is 4.92. The number of hydrogen-bond acceptors (Lipinski definition) is 5. The van der Waals surface area contributed by atoms with E-state index in [9.17, 15) is 4.79 Å². The van der Waals surface area contributed by atoms with E-state index in [1.54, 1.807) is 9.25 Å². The quantitative estimate of drug-likeness (QED) is 0.342. The molecule has 0 bridgehead atoms. The van der Waals surface area contributed by atoms with Gasteiger partial charge in [0, 0.05) is 17.9 Å². The van der Waals surface area contributed by atoms with Crippen LogP contribution in [0.1, 0.15) is 18.2 Å². The number of halogens is 1. The Labute approximate surface area is 169 Å². The molecule has 8 heteroatoms. The van der Waals surface area contributed by atoms with E-state index in [0.717, 1.165) is 22.5 Å². The number of aromatic nitrogens is 4. The molecule has 0 N–H and O–H groups in total. The Hall–Kier alpha value is -2.09. The van der Waals surface area contributed by atoms with E-state index in [1.807, 2.05) is 55.6 Å². The third-order valence-electron chi connectivity index (χ3n) is 4.32. The van der Waals surface area contributed by atoms with Crippen molar-refractivity contribution in [2.45, 2.75) is 31.3 Å². The van der Waals surface area contributed by atoms with Crippen molar-refractivity contribution in [3.63, 3.8) is 0 Å². The molecule has 0 saturated heterocycles. The lowest BCUT2D eigenvalue weighted by molar-refractivity contribution is 0.635. The van der Waals surface area contributed by atoms with Crippen LogP contribution in [0.3, 0.4) is 0 Å². The van der Waals surface area contributed by atoms with Gasteiger partial charge in [-0.2, -0.15) is 5.10 Å². The van der Waals surface area contributed by atoms with E-state index in [0.29, 0.717) is 27.3 Å². The Kier molecular flexibility index (Phi) is 5.08. The molecule has 0 aliphatic carbocycles. The van der Waals surface area contributed by atoms with Gasteiger partial charge in [-0.25, -0.2) is 9.67 Å². The first-order valence-corrected chi connectivity index (χ1v) is 10.7. The zero-order valence-electron chi connectivity index (χ0n) is 14.8. The molecule has 4 aromatic rings. The first-order chi connectivity index (χ1) is 13.1. The van der Waals surface area contributed by atoms with E-state index >= 15 is 0 Å². The maximum Gasteiger partial charge on any atom is 0.272 e. The maximum atomic E-state index is 12.7. The van der Waals surface area contributed by atoms with E-state index < -0.39 is 0 Å². The molecule has 27 heavy (non-hydrogen) atoms. The molecular formula is C19H17ClN4OS2. The summed E-state index contributed by atoms with van der Waals surface area (Å²) >= 11 is 9.56. The Morgan fingerprint density at radius 2 is 2.00 bits per heavy atom. The highest BCUT2D eigenvalue weighted by Crippen LogP contribution is 2.30. The topological polar surface area (TPSA) is 52.7 Å². The lowest BCUT2D eigenvalue weighted by Crippen LogP contribution is -2.21. The SMILES string of the molecule is CCn1c(SCc2c(C)nn(-c3ccccc3)c2Cl)nc2ccsc2c1=O. The molecule has 1 aromatic carbocycles. The van der Waals surface area contributed by atoms with Crippen LogP contribution < -0.4 is 5.56 Å². The Bertz CT molecular complexity index is 1160. The molecule has 0 amide bonds. The van der Waals surface area contributed by atoms with E-state index in [2.05, 4.69) is 10.1 Å². The van der Waals surface area contributed by atoms with Crippen molar-refractivity contribution >= 4 is 44.9 Å². The first-order valence-electron chi connectivity index (χ1n) is 8.50. The number of hydrogen-bond donors (Lipinski definition) is 0. The lowest BCUT2D eigenvalue weighted by Gasteiger charge is -2.09. The van der Waals surface area contributed by atoms with Crippen molar-refractivity contribution in [2.75, 3.05) is 0 Å². The normalized spacial score (nSPS) is 11.4. The standard InChI is InChI=1S/C19H17ClN4OS2/c1-3-23-18(25)16-15(9-10-26-16)21-19(23)27-11-14-12(2)22-24(17(14)20)13-7-5-4-6-8-13/h4-10H,3,11H2,1-2H3. The van der Waals surface area contributed by atoms with Crippen LogP contribution in [0.2, 0.25) is 5.15 Å². The average Bonchev–Trinajstić information content (AvgIpc) is 3.26. The fraction of sp³-hybridized carbons (Fsp3) is 0.211. The van der Waals surface area contributed by atoms with Crippen molar-refractivity contribution in [3.8, 4) is 5.69 Å². The molecule has 0 spiro atoms. The summed E-state index contributed by atoms with van der Waals surface area (Å²) in [5.41, 5.74) is 3.51. The van der Waals surface area contributed by atoms with Gasteiger partial charge in [0.25, 0.3) is 5.56 Å². The molecule has 0 aliphatic heterocycles. The van der Waals surface area contributed by atoms with Gasteiger partial charge < -0.3 is 0 Å². The second-order valence-corrected chi connectivity index (χ2v) is 8.19. The molecule has 5 nitrogen and oxygen atoms in total. The molecule has 0 radical (unpaired) electrons. The summed E-state index contributed by atoms with van der Waals surface area (Å²) in [6, 6.07) is 11.7. The minimum Gasteiger partial charge on any atom is -0.287 e. The smallest absolute Gasteiger partial charge is 0.272 e. The van der Waals surface area contributed by atoms with Crippen molar-refractivity contribution < 1.29 is 0 Å². The number of fused-ring (bicyclic) bond motifs is 1. The highest BCUT2D eigenvalue weighted by atomic mass is 35.5. The van der Waals surface area contributed by atoms with Crippen LogP contribution in [0.25, 0.3) is 15.9 Å². The zero-order chi connectivity index (χ0) is 19.0. The van der Waals surface area contributed by atoms with Gasteiger partial charge in [-0.3, -0.25) is 9.36 Å². The number of rotatable bonds is 5. The number of aryl methyl sites for hydroxylation is 1. The van der Waals surface area contributed by atoms with Crippen LogP contribution in [-0.4, -0.2) is 19.3 Å².